The van der Waals surface area contributed by atoms with Crippen LogP contribution in [0, 0.1) is 0 Å². The summed E-state index contributed by atoms with van der Waals surface area (Å²) >= 11 is 0. The van der Waals surface area contributed by atoms with Crippen LogP contribution in [0.15, 0.2) is 48.3 Å². The molecule has 0 spiro atoms. The van der Waals surface area contributed by atoms with Gasteiger partial charge in [-0.2, -0.15) is 0 Å². The smallest absolute Gasteiger partial charge is 0.303 e. The summed E-state index contributed by atoms with van der Waals surface area (Å²) in [7, 11) is -1.57. The standard InChI is InChI=1S/C17H15O3P/c18-16(19)10-4-7-12-6-3-9-15-14-8-2-1-5-13(14)11-21(20)17(12)15/h1-3,5-6,8-9,11H,4,7,10H2,(H,18,19). The Morgan fingerprint density at radius 3 is 2.67 bits per heavy atom. The Bertz CT molecular complexity index is 827. The fourth-order valence-electron chi connectivity index (χ4n) is 2.75. The molecule has 1 aromatic heterocycles. The first-order valence-electron chi connectivity index (χ1n) is 6.91. The van der Waals surface area contributed by atoms with E-state index in [4.69, 9.17) is 5.11 Å². The first-order chi connectivity index (χ1) is 10.2. The molecule has 0 fully saturated rings. The molecule has 1 atom stereocenters. The second-order valence-electron chi connectivity index (χ2n) is 5.10. The topological polar surface area (TPSA) is 60.4 Å². The molecule has 0 aliphatic heterocycles. The van der Waals surface area contributed by atoms with Crippen molar-refractivity contribution in [2.45, 2.75) is 19.3 Å². The number of fused-ring (bicyclic) bond motifs is 3. The number of aliphatic carboxylic acids is 1. The van der Waals surface area contributed by atoms with Gasteiger partial charge in [-0.3, -0.25) is 4.79 Å². The Kier molecular flexibility index (Phi) is 3.87. The van der Waals surface area contributed by atoms with Gasteiger partial charge in [-0.15, -0.1) is 0 Å². The number of benzene rings is 2. The zero-order chi connectivity index (χ0) is 14.8. The van der Waals surface area contributed by atoms with Gasteiger partial charge in [0.1, 0.15) is 5.80 Å². The third-order valence-corrected chi connectivity index (χ3v) is 5.17. The van der Waals surface area contributed by atoms with Crippen molar-refractivity contribution < 1.29 is 14.8 Å². The van der Waals surface area contributed by atoms with E-state index in [2.05, 4.69) is 0 Å². The SMILES string of the molecule is O=C(O)CCCc1cccc2c3ccccc3c[p+]([O-])c12. The molecule has 1 unspecified atom stereocenters. The predicted molar refractivity (Wildman–Crippen MR) is 84.5 cm³/mol. The van der Waals surface area contributed by atoms with Crippen molar-refractivity contribution in [3.8, 4) is 0 Å². The van der Waals surface area contributed by atoms with E-state index >= 15 is 0 Å². The van der Waals surface area contributed by atoms with Crippen molar-refractivity contribution in [3.05, 3.63) is 53.8 Å². The van der Waals surface area contributed by atoms with E-state index < -0.39 is 13.7 Å². The van der Waals surface area contributed by atoms with Gasteiger partial charge in [0, 0.05) is 22.8 Å². The molecule has 0 bridgehead atoms. The maximum atomic E-state index is 12.5. The third kappa shape index (κ3) is 2.76. The number of carboxylic acid groups (broad SMARTS) is 1. The van der Waals surface area contributed by atoms with Gasteiger partial charge in [-0.25, -0.2) is 0 Å². The quantitative estimate of drug-likeness (QED) is 0.745. The number of aryl methyl sites for hydroxylation is 1. The average Bonchev–Trinajstić information content (AvgIpc) is 2.47. The van der Waals surface area contributed by atoms with E-state index in [9.17, 15) is 9.69 Å². The second kappa shape index (κ2) is 5.80. The molecule has 2 aromatic carbocycles. The van der Waals surface area contributed by atoms with Gasteiger partial charge < -0.3 is 10.00 Å². The molecule has 3 rings (SSSR count). The molecule has 0 aliphatic rings. The lowest BCUT2D eigenvalue weighted by Gasteiger charge is -2.08. The van der Waals surface area contributed by atoms with Gasteiger partial charge in [0.05, 0.1) is 7.76 Å². The van der Waals surface area contributed by atoms with Gasteiger partial charge in [0.15, 0.2) is 5.12 Å². The lowest BCUT2D eigenvalue weighted by molar-refractivity contribution is -0.149. The molecule has 0 radical (unpaired) electrons. The van der Waals surface area contributed by atoms with Crippen molar-refractivity contribution in [2.24, 2.45) is 0 Å². The monoisotopic (exact) mass is 298 g/mol. The highest BCUT2D eigenvalue weighted by Gasteiger charge is 2.13. The molecular formula is C17H15O3P. The van der Waals surface area contributed by atoms with Crippen molar-refractivity contribution >= 4 is 35.0 Å². The molecule has 0 saturated carbocycles. The number of hydrogen-bond acceptors (Lipinski definition) is 2. The van der Waals surface area contributed by atoms with Crippen LogP contribution in [0.5, 0.6) is 0 Å². The molecule has 3 nitrogen and oxygen atoms in total. The predicted octanol–water partition coefficient (Wildman–Crippen LogP) is 3.79. The zero-order valence-electron chi connectivity index (χ0n) is 11.5. The summed E-state index contributed by atoms with van der Waals surface area (Å²) in [5, 5.41) is 12.7. The molecule has 1 heterocycles. The minimum Gasteiger partial charge on any atom is -0.626 e. The summed E-state index contributed by atoms with van der Waals surface area (Å²) in [5.74, 6) is 1.02. The van der Waals surface area contributed by atoms with Crippen LogP contribution in [0.1, 0.15) is 18.4 Å². The van der Waals surface area contributed by atoms with E-state index in [0.717, 1.165) is 26.8 Å². The van der Waals surface area contributed by atoms with E-state index in [1.807, 2.05) is 48.3 Å². The minimum atomic E-state index is -1.57. The van der Waals surface area contributed by atoms with Crippen LogP contribution in [-0.4, -0.2) is 11.1 Å². The number of carbonyl (C=O) groups is 1. The van der Waals surface area contributed by atoms with Crippen LogP contribution in [0.25, 0.3) is 21.3 Å². The molecule has 21 heavy (non-hydrogen) atoms. The summed E-state index contributed by atoms with van der Waals surface area (Å²) in [6, 6.07) is 13.8. The summed E-state index contributed by atoms with van der Waals surface area (Å²) in [6.07, 6.45) is 1.35. The van der Waals surface area contributed by atoms with Crippen LogP contribution >= 0.6 is 7.76 Å². The van der Waals surface area contributed by atoms with Crippen LogP contribution in [0.2, 0.25) is 0 Å². The summed E-state index contributed by atoms with van der Waals surface area (Å²) in [6.45, 7) is 0. The Morgan fingerprint density at radius 2 is 1.86 bits per heavy atom. The molecule has 0 amide bonds. The van der Waals surface area contributed by atoms with Crippen molar-refractivity contribution in [3.63, 3.8) is 0 Å². The van der Waals surface area contributed by atoms with Crippen LogP contribution in [0.3, 0.4) is 0 Å². The van der Waals surface area contributed by atoms with Crippen molar-refractivity contribution in [2.75, 3.05) is 0 Å². The minimum absolute atomic E-state index is 0.140. The molecule has 1 N–H and O–H groups in total. The first kappa shape index (κ1) is 14.0. The Hall–Kier alpha value is -1.96. The number of rotatable bonds is 4. The highest BCUT2D eigenvalue weighted by atomic mass is 31.1. The Morgan fingerprint density at radius 1 is 1.10 bits per heavy atom. The van der Waals surface area contributed by atoms with Gasteiger partial charge >= 0.3 is 5.97 Å². The molecular weight excluding hydrogens is 283 g/mol. The molecule has 3 aromatic rings. The summed E-state index contributed by atoms with van der Waals surface area (Å²) in [5.41, 5.74) is 1.00. The Labute approximate surface area is 123 Å². The normalized spacial score (nSPS) is 12.0. The lowest BCUT2D eigenvalue weighted by atomic mass is 10.0. The number of carboxylic acids is 1. The highest BCUT2D eigenvalue weighted by molar-refractivity contribution is 7.48. The third-order valence-electron chi connectivity index (χ3n) is 3.68. The van der Waals surface area contributed by atoms with E-state index in [1.54, 1.807) is 0 Å². The average molecular weight is 298 g/mol. The van der Waals surface area contributed by atoms with Gasteiger partial charge in [0.2, 0.25) is 0 Å². The highest BCUT2D eigenvalue weighted by Crippen LogP contribution is 2.39. The fourth-order valence-corrected chi connectivity index (χ4v) is 4.26. The zero-order valence-corrected chi connectivity index (χ0v) is 12.3. The Balaban J connectivity index is 2.14. The van der Waals surface area contributed by atoms with E-state index in [1.165, 1.54) is 0 Å². The first-order valence-corrected chi connectivity index (χ1v) is 8.24. The van der Waals surface area contributed by atoms with E-state index in [-0.39, 0.29) is 6.42 Å². The molecule has 0 saturated heterocycles. The van der Waals surface area contributed by atoms with Crippen molar-refractivity contribution in [1.29, 1.82) is 0 Å². The lowest BCUT2D eigenvalue weighted by Crippen LogP contribution is -1.97. The molecule has 106 valence electrons. The number of hydrogen-bond donors (Lipinski definition) is 1. The summed E-state index contributed by atoms with van der Waals surface area (Å²) < 4.78 is 0. The van der Waals surface area contributed by atoms with Gasteiger partial charge in [-0.1, -0.05) is 36.4 Å². The molecule has 0 aliphatic carbocycles. The van der Waals surface area contributed by atoms with Gasteiger partial charge in [-0.05, 0) is 24.3 Å². The van der Waals surface area contributed by atoms with Gasteiger partial charge in [0.25, 0.3) is 0 Å². The maximum Gasteiger partial charge on any atom is 0.303 e. The van der Waals surface area contributed by atoms with Crippen molar-refractivity contribution in [1.82, 2.24) is 0 Å². The summed E-state index contributed by atoms with van der Waals surface area (Å²) in [4.78, 5) is 23.2. The largest absolute Gasteiger partial charge is 0.626 e. The fraction of sp³-hybridized carbons (Fsp3) is 0.176. The second-order valence-corrected chi connectivity index (χ2v) is 6.46. The van der Waals surface area contributed by atoms with Crippen LogP contribution < -0.4 is 4.89 Å². The van der Waals surface area contributed by atoms with Crippen LogP contribution in [-0.2, 0) is 11.2 Å². The molecule has 4 heteroatoms. The van der Waals surface area contributed by atoms with Crippen LogP contribution in [0.4, 0.5) is 0 Å². The van der Waals surface area contributed by atoms with E-state index in [0.29, 0.717) is 12.8 Å². The maximum absolute atomic E-state index is 12.5.